The van der Waals surface area contributed by atoms with Crippen LogP contribution in [-0.2, 0) is 11.3 Å². The Morgan fingerprint density at radius 3 is 2.58 bits per heavy atom. The van der Waals surface area contributed by atoms with Gasteiger partial charge < -0.3 is 20.1 Å². The number of benzene rings is 1. The van der Waals surface area contributed by atoms with Gasteiger partial charge >= 0.3 is 0 Å². The maximum Gasteiger partial charge on any atom is 0.191 e. The van der Waals surface area contributed by atoms with E-state index in [1.807, 2.05) is 6.92 Å². The molecular formula is C18H32IN3O2. The molecule has 5 nitrogen and oxygen atoms in total. The van der Waals surface area contributed by atoms with E-state index in [0.29, 0.717) is 26.4 Å². The third-order valence-electron chi connectivity index (χ3n) is 3.21. The number of rotatable bonds is 10. The zero-order valence-corrected chi connectivity index (χ0v) is 17.7. The van der Waals surface area contributed by atoms with Crippen molar-refractivity contribution in [3.8, 4) is 5.75 Å². The van der Waals surface area contributed by atoms with Gasteiger partial charge in [-0.1, -0.05) is 19.1 Å². The van der Waals surface area contributed by atoms with Crippen molar-refractivity contribution in [3.05, 3.63) is 29.3 Å². The highest BCUT2D eigenvalue weighted by Crippen LogP contribution is 2.21. The predicted molar refractivity (Wildman–Crippen MR) is 112 cm³/mol. The number of halogens is 1. The molecule has 0 fully saturated rings. The molecule has 1 aromatic rings. The van der Waals surface area contributed by atoms with Crippen LogP contribution in [0.5, 0.6) is 5.75 Å². The molecule has 0 aliphatic rings. The lowest BCUT2D eigenvalue weighted by Crippen LogP contribution is -2.37. The lowest BCUT2D eigenvalue weighted by molar-refractivity contribution is 0.110. The van der Waals surface area contributed by atoms with Crippen molar-refractivity contribution in [2.24, 2.45) is 4.99 Å². The number of nitrogens with one attached hydrogen (secondary N) is 2. The number of guanidine groups is 1. The fourth-order valence-electron chi connectivity index (χ4n) is 2.03. The molecule has 0 aliphatic heterocycles. The van der Waals surface area contributed by atoms with E-state index in [2.05, 4.69) is 54.6 Å². The minimum atomic E-state index is 0. The van der Waals surface area contributed by atoms with Crippen LogP contribution in [0.4, 0.5) is 0 Å². The summed E-state index contributed by atoms with van der Waals surface area (Å²) >= 11 is 0. The molecule has 0 heterocycles. The summed E-state index contributed by atoms with van der Waals surface area (Å²) in [5.41, 5.74) is 2.26. The summed E-state index contributed by atoms with van der Waals surface area (Å²) in [4.78, 5) is 4.64. The standard InChI is InChI=1S/C18H31N3O2.HI/c1-5-10-20-18(19-6-2)21-14-16-9-8-15(4)13-17(16)23-12-11-22-7-3;/h8-9,13H,5-7,10-12,14H2,1-4H3,(H2,19,20,21);1H. The minimum absolute atomic E-state index is 0. The van der Waals surface area contributed by atoms with Crippen LogP contribution >= 0.6 is 24.0 Å². The largest absolute Gasteiger partial charge is 0.491 e. The lowest BCUT2D eigenvalue weighted by atomic mass is 10.1. The normalized spacial score (nSPS) is 10.9. The van der Waals surface area contributed by atoms with E-state index in [1.165, 1.54) is 5.56 Å². The zero-order chi connectivity index (χ0) is 16.9. The van der Waals surface area contributed by atoms with Gasteiger partial charge in [0.1, 0.15) is 12.4 Å². The van der Waals surface area contributed by atoms with Gasteiger partial charge in [0.15, 0.2) is 5.96 Å². The molecule has 24 heavy (non-hydrogen) atoms. The molecule has 1 aromatic carbocycles. The van der Waals surface area contributed by atoms with Crippen LogP contribution in [0.15, 0.2) is 23.2 Å². The van der Waals surface area contributed by atoms with Crippen molar-refractivity contribution in [1.82, 2.24) is 10.6 Å². The molecule has 0 spiro atoms. The van der Waals surface area contributed by atoms with Crippen LogP contribution in [-0.4, -0.2) is 38.9 Å². The van der Waals surface area contributed by atoms with Gasteiger partial charge in [-0.25, -0.2) is 4.99 Å². The summed E-state index contributed by atoms with van der Waals surface area (Å²) in [6, 6.07) is 6.23. The average Bonchev–Trinajstić information content (AvgIpc) is 2.55. The SMILES string of the molecule is CCCNC(=NCc1ccc(C)cc1OCCOCC)NCC.I. The summed E-state index contributed by atoms with van der Waals surface area (Å²) in [5, 5.41) is 6.57. The summed E-state index contributed by atoms with van der Waals surface area (Å²) in [7, 11) is 0. The summed E-state index contributed by atoms with van der Waals surface area (Å²) in [6.07, 6.45) is 1.07. The van der Waals surface area contributed by atoms with Crippen molar-refractivity contribution in [2.75, 3.05) is 32.9 Å². The van der Waals surface area contributed by atoms with Crippen molar-refractivity contribution in [3.63, 3.8) is 0 Å². The second kappa shape index (κ2) is 14.3. The smallest absolute Gasteiger partial charge is 0.191 e. The fourth-order valence-corrected chi connectivity index (χ4v) is 2.03. The number of hydrogen-bond acceptors (Lipinski definition) is 3. The van der Waals surface area contributed by atoms with E-state index in [-0.39, 0.29) is 24.0 Å². The quantitative estimate of drug-likeness (QED) is 0.249. The summed E-state index contributed by atoms with van der Waals surface area (Å²) in [6.45, 7) is 12.5. The molecule has 0 radical (unpaired) electrons. The topological polar surface area (TPSA) is 54.9 Å². The molecule has 0 aliphatic carbocycles. The Balaban J connectivity index is 0.00000529. The second-order valence-corrected chi connectivity index (χ2v) is 5.28. The lowest BCUT2D eigenvalue weighted by Gasteiger charge is -2.13. The fraction of sp³-hybridized carbons (Fsp3) is 0.611. The van der Waals surface area contributed by atoms with E-state index in [1.54, 1.807) is 0 Å². The highest BCUT2D eigenvalue weighted by Gasteiger charge is 2.05. The van der Waals surface area contributed by atoms with E-state index in [9.17, 15) is 0 Å². The Morgan fingerprint density at radius 2 is 1.92 bits per heavy atom. The zero-order valence-electron chi connectivity index (χ0n) is 15.4. The Bertz CT molecular complexity index is 481. The Morgan fingerprint density at radius 1 is 1.12 bits per heavy atom. The number of nitrogens with zero attached hydrogens (tertiary/aromatic N) is 1. The molecule has 0 aromatic heterocycles. The van der Waals surface area contributed by atoms with Crippen LogP contribution in [0.3, 0.4) is 0 Å². The maximum atomic E-state index is 5.86. The molecule has 0 atom stereocenters. The van der Waals surface area contributed by atoms with Gasteiger partial charge in [-0.3, -0.25) is 0 Å². The van der Waals surface area contributed by atoms with Crippen molar-refractivity contribution >= 4 is 29.9 Å². The third kappa shape index (κ3) is 9.32. The molecule has 2 N–H and O–H groups in total. The number of aliphatic imine (C=N–C) groups is 1. The Labute approximate surface area is 163 Å². The first kappa shape index (κ1) is 23.0. The van der Waals surface area contributed by atoms with Gasteiger partial charge in [0.05, 0.1) is 13.2 Å². The van der Waals surface area contributed by atoms with E-state index in [0.717, 1.165) is 36.8 Å². The third-order valence-corrected chi connectivity index (χ3v) is 3.21. The molecule has 0 unspecified atom stereocenters. The van der Waals surface area contributed by atoms with Gasteiger partial charge in [0.25, 0.3) is 0 Å². The van der Waals surface area contributed by atoms with Crippen LogP contribution in [0.1, 0.15) is 38.3 Å². The molecule has 1 rings (SSSR count). The number of hydrogen-bond donors (Lipinski definition) is 2. The van der Waals surface area contributed by atoms with E-state index >= 15 is 0 Å². The predicted octanol–water partition coefficient (Wildman–Crippen LogP) is 3.49. The summed E-state index contributed by atoms with van der Waals surface area (Å²) in [5.74, 6) is 1.73. The molecule has 6 heteroatoms. The van der Waals surface area contributed by atoms with Gasteiger partial charge in [-0.15, -0.1) is 24.0 Å². The van der Waals surface area contributed by atoms with Gasteiger partial charge in [0, 0.05) is 25.3 Å². The van der Waals surface area contributed by atoms with Crippen LogP contribution in [0.2, 0.25) is 0 Å². The summed E-state index contributed by atoms with van der Waals surface area (Å²) < 4.78 is 11.2. The molecular weight excluding hydrogens is 417 g/mol. The highest BCUT2D eigenvalue weighted by molar-refractivity contribution is 14.0. The monoisotopic (exact) mass is 449 g/mol. The van der Waals surface area contributed by atoms with Crippen LogP contribution in [0.25, 0.3) is 0 Å². The first-order valence-corrected chi connectivity index (χ1v) is 8.53. The van der Waals surface area contributed by atoms with Gasteiger partial charge in [-0.05, 0) is 38.8 Å². The van der Waals surface area contributed by atoms with Crippen molar-refractivity contribution in [1.29, 1.82) is 0 Å². The first-order valence-electron chi connectivity index (χ1n) is 8.53. The van der Waals surface area contributed by atoms with Crippen molar-refractivity contribution in [2.45, 2.75) is 40.7 Å². The number of ether oxygens (including phenoxy) is 2. The Hall–Kier alpha value is -1.02. The van der Waals surface area contributed by atoms with Crippen LogP contribution in [0, 0.1) is 6.92 Å². The molecule has 0 saturated heterocycles. The first-order chi connectivity index (χ1) is 11.2. The van der Waals surface area contributed by atoms with Crippen LogP contribution < -0.4 is 15.4 Å². The van der Waals surface area contributed by atoms with Crippen molar-refractivity contribution < 1.29 is 9.47 Å². The number of aryl methyl sites for hydroxylation is 1. The van der Waals surface area contributed by atoms with E-state index in [4.69, 9.17) is 9.47 Å². The maximum absolute atomic E-state index is 5.86. The van der Waals surface area contributed by atoms with Gasteiger partial charge in [0.2, 0.25) is 0 Å². The molecule has 0 saturated carbocycles. The Kier molecular flexibility index (Phi) is 13.7. The minimum Gasteiger partial charge on any atom is -0.491 e. The van der Waals surface area contributed by atoms with Gasteiger partial charge in [-0.2, -0.15) is 0 Å². The highest BCUT2D eigenvalue weighted by atomic mass is 127. The molecule has 138 valence electrons. The van der Waals surface area contributed by atoms with E-state index < -0.39 is 0 Å². The molecule has 0 amide bonds. The molecule has 0 bridgehead atoms. The average molecular weight is 449 g/mol. The second-order valence-electron chi connectivity index (χ2n) is 5.28.